The lowest BCUT2D eigenvalue weighted by atomic mass is 9.99. The molecule has 1 saturated heterocycles. The average molecular weight is 183 g/mol. The van der Waals surface area contributed by atoms with Crippen molar-refractivity contribution in [2.24, 2.45) is 5.92 Å². The van der Waals surface area contributed by atoms with Crippen LogP contribution in [-0.4, -0.2) is 48.3 Å². The van der Waals surface area contributed by atoms with Crippen molar-refractivity contribution in [2.75, 3.05) is 26.2 Å². The quantitative estimate of drug-likeness (QED) is 0.608. The molecule has 1 heterocycles. The van der Waals surface area contributed by atoms with Crippen LogP contribution in [-0.2, 0) is 9.59 Å². The van der Waals surface area contributed by atoms with Gasteiger partial charge in [0, 0.05) is 26.2 Å². The highest BCUT2D eigenvalue weighted by Crippen LogP contribution is 2.15. The third-order valence-electron chi connectivity index (χ3n) is 2.44. The van der Waals surface area contributed by atoms with Crippen LogP contribution in [0.1, 0.15) is 13.8 Å². The zero-order valence-corrected chi connectivity index (χ0v) is 8.12. The summed E-state index contributed by atoms with van der Waals surface area (Å²) in [4.78, 5) is 25.0. The molecule has 0 spiro atoms. The van der Waals surface area contributed by atoms with Crippen molar-refractivity contribution >= 4 is 12.3 Å². The molecule has 4 heteroatoms. The Balaban J connectivity index is 2.37. The zero-order chi connectivity index (χ0) is 9.84. The van der Waals surface area contributed by atoms with E-state index in [1.165, 1.54) is 4.90 Å². The lowest BCUT2D eigenvalue weighted by molar-refractivity contribution is -0.138. The van der Waals surface area contributed by atoms with Crippen LogP contribution < -0.4 is 0 Å². The fraction of sp³-hybridized carbons (Fsp3) is 0.778. The molecule has 0 aromatic heterocycles. The van der Waals surface area contributed by atoms with E-state index < -0.39 is 0 Å². The molecule has 0 aromatic rings. The lowest BCUT2D eigenvalue weighted by Crippen LogP contribution is -2.53. The molecule has 0 N–H and O–H groups in total. The number of hydrogen-bond acceptors (Lipinski definition) is 2. The molecule has 2 amide bonds. The van der Waals surface area contributed by atoms with Gasteiger partial charge in [-0.1, -0.05) is 0 Å². The highest BCUT2D eigenvalue weighted by atomic mass is 16.2. The Labute approximate surface area is 78.5 Å². The van der Waals surface area contributed by atoms with Crippen LogP contribution in [0.15, 0.2) is 0 Å². The number of likely N-dealkylation sites (tertiary alicyclic amines) is 1. The van der Waals surface area contributed by atoms with Crippen LogP contribution in [0.5, 0.6) is 0 Å². The van der Waals surface area contributed by atoms with Crippen LogP contribution >= 0.6 is 0 Å². The average Bonchev–Trinajstić information content (AvgIpc) is 2.04. The first kappa shape index (κ1) is 10.0. The number of carbonyl (C=O) groups excluding carboxylic acids is 2. The molecule has 1 aliphatic heterocycles. The van der Waals surface area contributed by atoms with Gasteiger partial charge in [0.2, 0.25) is 5.91 Å². The van der Waals surface area contributed by atoms with E-state index in [0.717, 1.165) is 13.1 Å². The van der Waals surface area contributed by atoms with E-state index in [9.17, 15) is 9.59 Å². The topological polar surface area (TPSA) is 40.6 Å². The second kappa shape index (κ2) is 4.25. The van der Waals surface area contributed by atoms with E-state index in [-0.39, 0.29) is 11.8 Å². The predicted octanol–water partition coefficient (Wildman–Crippen LogP) is -0.146. The van der Waals surface area contributed by atoms with E-state index >= 15 is 0 Å². The van der Waals surface area contributed by atoms with Crippen molar-refractivity contribution in [1.82, 2.24) is 9.80 Å². The SMILES string of the molecule is CCN(CC)C(=O)C1CN([C]=O)C1. The molecule has 0 aliphatic carbocycles. The second-order valence-corrected chi connectivity index (χ2v) is 3.20. The summed E-state index contributed by atoms with van der Waals surface area (Å²) in [5.41, 5.74) is 0. The standard InChI is InChI=1S/C9H15N2O2/c1-3-11(4-2)9(13)8-5-10(6-8)7-12/h8H,3-6H2,1-2H3. The van der Waals surface area contributed by atoms with Crippen molar-refractivity contribution in [1.29, 1.82) is 0 Å². The Bertz CT molecular complexity index is 196. The Morgan fingerprint density at radius 1 is 1.46 bits per heavy atom. The molecule has 1 rings (SSSR count). The number of amides is 2. The third-order valence-corrected chi connectivity index (χ3v) is 2.44. The fourth-order valence-corrected chi connectivity index (χ4v) is 1.50. The summed E-state index contributed by atoms with van der Waals surface area (Å²) in [5.74, 6) is 0.179. The Morgan fingerprint density at radius 2 is 2.00 bits per heavy atom. The molecule has 0 aromatic carbocycles. The first-order chi connectivity index (χ1) is 6.22. The lowest BCUT2D eigenvalue weighted by Gasteiger charge is -2.37. The highest BCUT2D eigenvalue weighted by Gasteiger charge is 2.34. The van der Waals surface area contributed by atoms with Gasteiger partial charge in [-0.05, 0) is 13.8 Å². The van der Waals surface area contributed by atoms with Gasteiger partial charge in [0.15, 0.2) is 0 Å². The van der Waals surface area contributed by atoms with Crippen LogP contribution in [0.2, 0.25) is 0 Å². The monoisotopic (exact) mass is 183 g/mol. The first-order valence-electron chi connectivity index (χ1n) is 4.64. The maximum absolute atomic E-state index is 11.6. The smallest absolute Gasteiger partial charge is 0.312 e. The molecule has 4 nitrogen and oxygen atoms in total. The summed E-state index contributed by atoms with van der Waals surface area (Å²) < 4.78 is 0. The van der Waals surface area contributed by atoms with Gasteiger partial charge in [0.25, 0.3) is 0 Å². The Kier molecular flexibility index (Phi) is 3.28. The molecule has 13 heavy (non-hydrogen) atoms. The molecule has 0 saturated carbocycles. The summed E-state index contributed by atoms with van der Waals surface area (Å²) in [7, 11) is 0. The maximum atomic E-state index is 11.6. The minimum atomic E-state index is 0.0151. The molecule has 0 unspecified atom stereocenters. The largest absolute Gasteiger partial charge is 0.343 e. The van der Waals surface area contributed by atoms with Gasteiger partial charge < -0.3 is 9.80 Å². The molecule has 0 bridgehead atoms. The summed E-state index contributed by atoms with van der Waals surface area (Å²) in [6.45, 7) is 6.50. The van der Waals surface area contributed by atoms with Gasteiger partial charge in [0.05, 0.1) is 5.92 Å². The molecular formula is C9H15N2O2. The molecule has 73 valence electrons. The van der Waals surface area contributed by atoms with Crippen LogP contribution in [0, 0.1) is 5.92 Å². The number of hydrogen-bond donors (Lipinski definition) is 0. The molecule has 0 atom stereocenters. The summed E-state index contributed by atoms with van der Waals surface area (Å²) >= 11 is 0. The van der Waals surface area contributed by atoms with Crippen LogP contribution in [0.3, 0.4) is 0 Å². The molecule has 1 aliphatic rings. The van der Waals surface area contributed by atoms with Gasteiger partial charge in [-0.15, -0.1) is 0 Å². The number of nitrogens with zero attached hydrogens (tertiary/aromatic N) is 2. The second-order valence-electron chi connectivity index (χ2n) is 3.20. The Hall–Kier alpha value is -1.06. The van der Waals surface area contributed by atoms with Gasteiger partial charge in [-0.3, -0.25) is 9.59 Å². The van der Waals surface area contributed by atoms with Crippen molar-refractivity contribution in [3.63, 3.8) is 0 Å². The molecule has 1 fully saturated rings. The zero-order valence-electron chi connectivity index (χ0n) is 8.12. The van der Waals surface area contributed by atoms with Crippen molar-refractivity contribution in [3.8, 4) is 0 Å². The molecular weight excluding hydrogens is 168 g/mol. The van der Waals surface area contributed by atoms with E-state index in [0.29, 0.717) is 13.1 Å². The summed E-state index contributed by atoms with van der Waals surface area (Å²) in [5, 5.41) is 0. The van der Waals surface area contributed by atoms with Gasteiger partial charge in [0.1, 0.15) is 0 Å². The maximum Gasteiger partial charge on any atom is 0.312 e. The van der Waals surface area contributed by atoms with E-state index in [1.54, 1.807) is 11.3 Å². The summed E-state index contributed by atoms with van der Waals surface area (Å²) in [6, 6.07) is 0. The van der Waals surface area contributed by atoms with Crippen LogP contribution in [0.25, 0.3) is 0 Å². The summed E-state index contributed by atoms with van der Waals surface area (Å²) in [6.07, 6.45) is 1.77. The van der Waals surface area contributed by atoms with Crippen LogP contribution in [0.4, 0.5) is 0 Å². The minimum Gasteiger partial charge on any atom is -0.343 e. The normalized spacial score (nSPS) is 16.6. The first-order valence-corrected chi connectivity index (χ1v) is 4.64. The van der Waals surface area contributed by atoms with Crippen molar-refractivity contribution in [3.05, 3.63) is 0 Å². The van der Waals surface area contributed by atoms with Crippen molar-refractivity contribution in [2.45, 2.75) is 13.8 Å². The number of rotatable bonds is 4. The van der Waals surface area contributed by atoms with Gasteiger partial charge in [-0.25, -0.2) is 0 Å². The van der Waals surface area contributed by atoms with E-state index in [2.05, 4.69) is 0 Å². The van der Waals surface area contributed by atoms with E-state index in [4.69, 9.17) is 0 Å². The third kappa shape index (κ3) is 1.99. The predicted molar refractivity (Wildman–Crippen MR) is 48.7 cm³/mol. The Morgan fingerprint density at radius 3 is 2.38 bits per heavy atom. The highest BCUT2D eigenvalue weighted by molar-refractivity contribution is 5.81. The fourth-order valence-electron chi connectivity index (χ4n) is 1.50. The minimum absolute atomic E-state index is 0.0151. The van der Waals surface area contributed by atoms with Crippen molar-refractivity contribution < 1.29 is 9.59 Å². The molecule has 1 radical (unpaired) electrons. The number of carbonyl (C=O) groups is 1. The van der Waals surface area contributed by atoms with Gasteiger partial charge >= 0.3 is 6.41 Å². The van der Waals surface area contributed by atoms with E-state index in [1.807, 2.05) is 13.8 Å². The van der Waals surface area contributed by atoms with Gasteiger partial charge in [-0.2, -0.15) is 0 Å².